The molecule has 0 heterocycles. The fourth-order valence-electron chi connectivity index (χ4n) is 1.70. The Kier molecular flexibility index (Phi) is 5.65. The Balaban J connectivity index is 2.87. The molecule has 0 bridgehead atoms. The average Bonchev–Trinajstić information content (AvgIpc) is 2.46. The van der Waals surface area contributed by atoms with E-state index < -0.39 is 22.7 Å². The number of ether oxygens (including phenoxy) is 1. The molecule has 114 valence electrons. The summed E-state index contributed by atoms with van der Waals surface area (Å²) in [5.41, 5.74) is -0.0799. The Morgan fingerprint density at radius 3 is 2.62 bits per heavy atom. The van der Waals surface area contributed by atoms with E-state index in [1.807, 2.05) is 0 Å². The summed E-state index contributed by atoms with van der Waals surface area (Å²) in [7, 11) is 1.29. The number of non-ortho nitro benzene ring substituents is 1. The van der Waals surface area contributed by atoms with Gasteiger partial charge in [0.15, 0.2) is 0 Å². The predicted octanol–water partition coefficient (Wildman–Crippen LogP) is 1.44. The van der Waals surface area contributed by atoms with Crippen LogP contribution in [0.4, 0.5) is 5.69 Å². The Hall–Kier alpha value is -2.64. The second-order valence-corrected chi connectivity index (χ2v) is 4.30. The maximum atomic E-state index is 12.0. The van der Waals surface area contributed by atoms with Crippen molar-refractivity contribution in [1.82, 2.24) is 5.32 Å². The van der Waals surface area contributed by atoms with Crippen molar-refractivity contribution in [2.75, 3.05) is 13.7 Å². The number of carboxylic acids is 1. The van der Waals surface area contributed by atoms with Crippen molar-refractivity contribution in [1.29, 1.82) is 0 Å². The molecule has 0 spiro atoms. The minimum Gasteiger partial charge on any atom is -0.496 e. The molecule has 0 aliphatic rings. The van der Waals surface area contributed by atoms with Crippen LogP contribution in [-0.2, 0) is 4.79 Å². The van der Waals surface area contributed by atoms with Crippen molar-refractivity contribution in [3.05, 3.63) is 33.9 Å². The van der Waals surface area contributed by atoms with E-state index >= 15 is 0 Å². The minimum atomic E-state index is -0.992. The highest BCUT2D eigenvalue weighted by atomic mass is 16.6. The number of rotatable bonds is 7. The molecule has 0 saturated heterocycles. The number of carboxylic acid groups (broad SMARTS) is 1. The summed E-state index contributed by atoms with van der Waals surface area (Å²) in [5, 5.41) is 22.1. The van der Waals surface area contributed by atoms with E-state index in [9.17, 15) is 19.7 Å². The minimum absolute atomic E-state index is 0.0230. The van der Waals surface area contributed by atoms with Gasteiger partial charge in [-0.1, -0.05) is 6.92 Å². The number of nitrogens with one attached hydrogen (secondary N) is 1. The molecule has 1 amide bonds. The molecule has 0 aliphatic carbocycles. The number of hydrogen-bond donors (Lipinski definition) is 2. The predicted molar refractivity (Wildman–Crippen MR) is 73.4 cm³/mol. The molecule has 0 radical (unpaired) electrons. The Morgan fingerprint density at radius 2 is 2.14 bits per heavy atom. The third-order valence-corrected chi connectivity index (χ3v) is 2.99. The van der Waals surface area contributed by atoms with Gasteiger partial charge in [0.1, 0.15) is 5.75 Å². The number of nitrogens with zero attached hydrogens (tertiary/aromatic N) is 1. The molecule has 1 aromatic rings. The van der Waals surface area contributed by atoms with Crippen LogP contribution in [0.3, 0.4) is 0 Å². The molecule has 8 nitrogen and oxygen atoms in total. The topological polar surface area (TPSA) is 119 Å². The molecule has 8 heteroatoms. The van der Waals surface area contributed by atoms with Gasteiger partial charge in [-0.15, -0.1) is 0 Å². The zero-order valence-corrected chi connectivity index (χ0v) is 11.7. The van der Waals surface area contributed by atoms with Crippen LogP contribution < -0.4 is 10.1 Å². The van der Waals surface area contributed by atoms with Crippen LogP contribution in [0.5, 0.6) is 5.75 Å². The number of carbonyl (C=O) groups is 2. The summed E-state index contributed by atoms with van der Waals surface area (Å²) in [6.07, 6.45) is 0.382. The molecule has 1 atom stereocenters. The summed E-state index contributed by atoms with van der Waals surface area (Å²) in [6, 6.07) is 3.60. The number of amides is 1. The molecule has 0 saturated carbocycles. The largest absolute Gasteiger partial charge is 0.496 e. The zero-order valence-electron chi connectivity index (χ0n) is 11.7. The first-order chi connectivity index (χ1) is 9.90. The van der Waals surface area contributed by atoms with Crippen LogP contribution in [0.2, 0.25) is 0 Å². The van der Waals surface area contributed by atoms with Crippen molar-refractivity contribution in [2.24, 2.45) is 5.92 Å². The van der Waals surface area contributed by atoms with Gasteiger partial charge >= 0.3 is 5.97 Å². The lowest BCUT2D eigenvalue weighted by Gasteiger charge is -2.12. The molecular formula is C13H16N2O6. The normalized spacial score (nSPS) is 11.5. The van der Waals surface area contributed by atoms with E-state index in [4.69, 9.17) is 9.84 Å². The van der Waals surface area contributed by atoms with Gasteiger partial charge in [0.05, 0.1) is 29.6 Å². The van der Waals surface area contributed by atoms with Gasteiger partial charge in [-0.05, 0) is 12.5 Å². The highest BCUT2D eigenvalue weighted by Gasteiger charge is 2.20. The molecule has 21 heavy (non-hydrogen) atoms. The maximum Gasteiger partial charge on any atom is 0.308 e. The average molecular weight is 296 g/mol. The fourth-order valence-corrected chi connectivity index (χ4v) is 1.70. The summed E-state index contributed by atoms with van der Waals surface area (Å²) in [5.74, 6) is -2.15. The van der Waals surface area contributed by atoms with Gasteiger partial charge < -0.3 is 15.2 Å². The van der Waals surface area contributed by atoms with E-state index in [2.05, 4.69) is 5.32 Å². The van der Waals surface area contributed by atoms with Crippen molar-refractivity contribution in [3.8, 4) is 5.75 Å². The number of methoxy groups -OCH3 is 1. The number of carbonyl (C=O) groups excluding carboxylic acids is 1. The standard InChI is InChI=1S/C13H16N2O6/c1-3-8(13(17)18)7-14-12(16)10-5-4-9(15(19)20)6-11(10)21-2/h4-6,8H,3,7H2,1-2H3,(H,14,16)(H,17,18). The number of benzene rings is 1. The molecule has 1 aromatic carbocycles. The highest BCUT2D eigenvalue weighted by Crippen LogP contribution is 2.24. The Bertz CT molecular complexity index is 558. The SMILES string of the molecule is CCC(CNC(=O)c1ccc([N+](=O)[O-])cc1OC)C(=O)O. The third-order valence-electron chi connectivity index (χ3n) is 2.99. The molecule has 1 rings (SSSR count). The quantitative estimate of drug-likeness (QED) is 0.580. The maximum absolute atomic E-state index is 12.0. The highest BCUT2D eigenvalue weighted by molar-refractivity contribution is 5.97. The summed E-state index contributed by atoms with van der Waals surface area (Å²) >= 11 is 0. The van der Waals surface area contributed by atoms with Gasteiger partial charge in [0, 0.05) is 12.6 Å². The molecule has 0 aromatic heterocycles. The molecule has 2 N–H and O–H groups in total. The lowest BCUT2D eigenvalue weighted by Crippen LogP contribution is -2.32. The number of nitro benzene ring substituents is 1. The molecule has 0 fully saturated rings. The van der Waals surface area contributed by atoms with Gasteiger partial charge in [-0.3, -0.25) is 19.7 Å². The third kappa shape index (κ3) is 4.16. The van der Waals surface area contributed by atoms with Crippen molar-refractivity contribution in [3.63, 3.8) is 0 Å². The van der Waals surface area contributed by atoms with E-state index in [1.54, 1.807) is 6.92 Å². The summed E-state index contributed by atoms with van der Waals surface area (Å²) < 4.78 is 4.96. The van der Waals surface area contributed by atoms with Crippen molar-refractivity contribution in [2.45, 2.75) is 13.3 Å². The summed E-state index contributed by atoms with van der Waals surface area (Å²) in [6.45, 7) is 1.68. The first kappa shape index (κ1) is 16.4. The molecular weight excluding hydrogens is 280 g/mol. The second-order valence-electron chi connectivity index (χ2n) is 4.30. The summed E-state index contributed by atoms with van der Waals surface area (Å²) in [4.78, 5) is 32.9. The number of hydrogen-bond acceptors (Lipinski definition) is 5. The molecule has 0 aliphatic heterocycles. The van der Waals surface area contributed by atoms with E-state index in [1.165, 1.54) is 19.2 Å². The fraction of sp³-hybridized carbons (Fsp3) is 0.385. The second kappa shape index (κ2) is 7.22. The van der Waals surface area contributed by atoms with E-state index in [-0.39, 0.29) is 23.5 Å². The smallest absolute Gasteiger partial charge is 0.308 e. The van der Waals surface area contributed by atoms with Gasteiger partial charge in [0.2, 0.25) is 0 Å². The Morgan fingerprint density at radius 1 is 1.48 bits per heavy atom. The van der Waals surface area contributed by atoms with Gasteiger partial charge in [-0.25, -0.2) is 0 Å². The molecule has 1 unspecified atom stereocenters. The Labute approximate surface area is 120 Å². The lowest BCUT2D eigenvalue weighted by molar-refractivity contribution is -0.384. The van der Waals surface area contributed by atoms with Gasteiger partial charge in [-0.2, -0.15) is 0 Å². The zero-order chi connectivity index (χ0) is 16.0. The van der Waals surface area contributed by atoms with Crippen LogP contribution in [-0.4, -0.2) is 35.6 Å². The monoisotopic (exact) mass is 296 g/mol. The van der Waals surface area contributed by atoms with Gasteiger partial charge in [0.25, 0.3) is 11.6 Å². The van der Waals surface area contributed by atoms with E-state index in [0.717, 1.165) is 6.07 Å². The van der Waals surface area contributed by atoms with Crippen LogP contribution in [0.15, 0.2) is 18.2 Å². The number of aliphatic carboxylic acids is 1. The van der Waals surface area contributed by atoms with Crippen LogP contribution in [0.1, 0.15) is 23.7 Å². The van der Waals surface area contributed by atoms with Crippen molar-refractivity contribution >= 4 is 17.6 Å². The number of nitro groups is 1. The van der Waals surface area contributed by atoms with Crippen LogP contribution in [0, 0.1) is 16.0 Å². The van der Waals surface area contributed by atoms with Crippen LogP contribution in [0.25, 0.3) is 0 Å². The van der Waals surface area contributed by atoms with Crippen molar-refractivity contribution < 1.29 is 24.4 Å². The first-order valence-corrected chi connectivity index (χ1v) is 6.24. The van der Waals surface area contributed by atoms with Crippen LogP contribution >= 0.6 is 0 Å². The first-order valence-electron chi connectivity index (χ1n) is 6.24. The van der Waals surface area contributed by atoms with E-state index in [0.29, 0.717) is 6.42 Å². The lowest BCUT2D eigenvalue weighted by atomic mass is 10.1.